The first-order chi connectivity index (χ1) is 12.6. The Morgan fingerprint density at radius 1 is 1.08 bits per heavy atom. The van der Waals surface area contributed by atoms with E-state index in [2.05, 4.69) is 46.5 Å². The molecule has 0 aliphatic rings. The van der Waals surface area contributed by atoms with Crippen LogP contribution >= 0.6 is 0 Å². The van der Waals surface area contributed by atoms with Gasteiger partial charge in [-0.3, -0.25) is 0 Å². The van der Waals surface area contributed by atoms with Gasteiger partial charge in [-0.05, 0) is 42.7 Å². The molecule has 0 saturated carbocycles. The SMILES string of the molecule is CCC(N)CNc1ccnc(-c2cc(-c3ccc(C)cc3)ccc2O)n1. The van der Waals surface area contributed by atoms with Crippen molar-refractivity contribution in [2.45, 2.75) is 26.3 Å². The van der Waals surface area contributed by atoms with Crippen molar-refractivity contribution in [3.8, 4) is 28.3 Å². The normalized spacial score (nSPS) is 12.0. The largest absolute Gasteiger partial charge is 0.507 e. The highest BCUT2D eigenvalue weighted by atomic mass is 16.3. The van der Waals surface area contributed by atoms with Crippen molar-refractivity contribution in [3.05, 3.63) is 60.3 Å². The van der Waals surface area contributed by atoms with E-state index in [1.807, 2.05) is 19.1 Å². The molecule has 134 valence electrons. The molecule has 0 saturated heterocycles. The number of nitrogens with two attached hydrogens (primary N) is 1. The maximum atomic E-state index is 10.3. The fourth-order valence-electron chi connectivity index (χ4n) is 2.61. The van der Waals surface area contributed by atoms with Crippen molar-refractivity contribution in [2.75, 3.05) is 11.9 Å². The van der Waals surface area contributed by atoms with Crippen molar-refractivity contribution < 1.29 is 5.11 Å². The van der Waals surface area contributed by atoms with Gasteiger partial charge in [-0.1, -0.05) is 42.8 Å². The van der Waals surface area contributed by atoms with Gasteiger partial charge in [0, 0.05) is 18.8 Å². The molecule has 0 fully saturated rings. The van der Waals surface area contributed by atoms with E-state index in [0.29, 0.717) is 23.8 Å². The molecule has 1 heterocycles. The van der Waals surface area contributed by atoms with Gasteiger partial charge in [0.15, 0.2) is 5.82 Å². The van der Waals surface area contributed by atoms with E-state index in [1.165, 1.54) is 5.56 Å². The number of nitrogens with zero attached hydrogens (tertiary/aromatic N) is 2. The fourth-order valence-corrected chi connectivity index (χ4v) is 2.61. The lowest BCUT2D eigenvalue weighted by atomic mass is 10.0. The summed E-state index contributed by atoms with van der Waals surface area (Å²) in [6.45, 7) is 4.75. The van der Waals surface area contributed by atoms with E-state index in [9.17, 15) is 5.11 Å². The Morgan fingerprint density at radius 2 is 1.81 bits per heavy atom. The van der Waals surface area contributed by atoms with E-state index in [-0.39, 0.29) is 11.8 Å². The van der Waals surface area contributed by atoms with Gasteiger partial charge >= 0.3 is 0 Å². The van der Waals surface area contributed by atoms with Crippen molar-refractivity contribution in [3.63, 3.8) is 0 Å². The highest BCUT2D eigenvalue weighted by Crippen LogP contribution is 2.32. The third-order valence-corrected chi connectivity index (χ3v) is 4.35. The van der Waals surface area contributed by atoms with Crippen LogP contribution in [0.4, 0.5) is 5.82 Å². The number of benzene rings is 2. The average molecular weight is 348 g/mol. The van der Waals surface area contributed by atoms with Gasteiger partial charge in [-0.2, -0.15) is 0 Å². The number of nitrogens with one attached hydrogen (secondary N) is 1. The predicted octanol–water partition coefficient (Wildman–Crippen LogP) is 3.97. The monoisotopic (exact) mass is 348 g/mol. The molecule has 0 amide bonds. The van der Waals surface area contributed by atoms with Crippen LogP contribution in [0, 0.1) is 6.92 Å². The van der Waals surface area contributed by atoms with Crippen LogP contribution in [0.15, 0.2) is 54.7 Å². The Balaban J connectivity index is 1.91. The lowest BCUT2D eigenvalue weighted by Gasteiger charge is -2.12. The summed E-state index contributed by atoms with van der Waals surface area (Å²) in [5.74, 6) is 1.33. The zero-order valence-electron chi connectivity index (χ0n) is 15.1. The van der Waals surface area contributed by atoms with Crippen LogP contribution < -0.4 is 11.1 Å². The minimum Gasteiger partial charge on any atom is -0.507 e. The van der Waals surface area contributed by atoms with Gasteiger partial charge in [0.25, 0.3) is 0 Å². The number of rotatable bonds is 6. The molecule has 2 aromatic carbocycles. The van der Waals surface area contributed by atoms with Crippen LogP contribution in [-0.4, -0.2) is 27.7 Å². The molecular weight excluding hydrogens is 324 g/mol. The molecular formula is C21H24N4O. The zero-order valence-corrected chi connectivity index (χ0v) is 15.1. The molecule has 1 atom stereocenters. The Morgan fingerprint density at radius 3 is 2.54 bits per heavy atom. The Kier molecular flexibility index (Phi) is 5.49. The highest BCUT2D eigenvalue weighted by Gasteiger charge is 2.11. The van der Waals surface area contributed by atoms with Crippen molar-refractivity contribution in [2.24, 2.45) is 5.73 Å². The lowest BCUT2D eigenvalue weighted by molar-refractivity contribution is 0.477. The van der Waals surface area contributed by atoms with E-state index in [0.717, 1.165) is 17.5 Å². The summed E-state index contributed by atoms with van der Waals surface area (Å²) in [7, 11) is 0. The third kappa shape index (κ3) is 4.18. The fraction of sp³-hybridized carbons (Fsp3) is 0.238. The van der Waals surface area contributed by atoms with E-state index in [1.54, 1.807) is 18.3 Å². The molecule has 3 rings (SSSR count). The van der Waals surface area contributed by atoms with Gasteiger partial charge in [0.1, 0.15) is 11.6 Å². The molecule has 1 unspecified atom stereocenters. The number of aromatic hydroxyl groups is 1. The lowest BCUT2D eigenvalue weighted by Crippen LogP contribution is -2.28. The topological polar surface area (TPSA) is 84.1 Å². The quantitative estimate of drug-likeness (QED) is 0.628. The standard InChI is InChI=1S/C21H24N4O/c1-3-17(22)13-24-20-10-11-23-21(25-20)18-12-16(8-9-19(18)26)15-6-4-14(2)5-7-15/h4-12,17,26H,3,13,22H2,1-2H3,(H,23,24,25). The molecule has 26 heavy (non-hydrogen) atoms. The first kappa shape index (κ1) is 17.9. The molecule has 0 radical (unpaired) electrons. The van der Waals surface area contributed by atoms with Gasteiger partial charge in [-0.25, -0.2) is 9.97 Å². The Bertz CT molecular complexity index is 877. The minimum absolute atomic E-state index is 0.0756. The first-order valence-electron chi connectivity index (χ1n) is 8.79. The van der Waals surface area contributed by atoms with Gasteiger partial charge in [-0.15, -0.1) is 0 Å². The van der Waals surface area contributed by atoms with Crippen molar-refractivity contribution >= 4 is 5.82 Å². The molecule has 4 N–H and O–H groups in total. The zero-order chi connectivity index (χ0) is 18.5. The Labute approximate surface area is 153 Å². The molecule has 1 aromatic heterocycles. The maximum absolute atomic E-state index is 10.3. The number of aryl methyl sites for hydroxylation is 1. The molecule has 0 aliphatic carbocycles. The summed E-state index contributed by atoms with van der Waals surface area (Å²) in [6, 6.07) is 15.6. The van der Waals surface area contributed by atoms with E-state index < -0.39 is 0 Å². The van der Waals surface area contributed by atoms with Gasteiger partial charge in [0.05, 0.1) is 5.56 Å². The second-order valence-electron chi connectivity index (χ2n) is 6.41. The number of hydrogen-bond acceptors (Lipinski definition) is 5. The summed E-state index contributed by atoms with van der Waals surface area (Å²) < 4.78 is 0. The molecule has 0 spiro atoms. The van der Waals surface area contributed by atoms with Crippen LogP contribution in [0.2, 0.25) is 0 Å². The number of phenolic OH excluding ortho intramolecular Hbond substituents is 1. The number of anilines is 1. The summed E-state index contributed by atoms with van der Waals surface area (Å²) in [4.78, 5) is 8.85. The number of hydrogen-bond donors (Lipinski definition) is 3. The van der Waals surface area contributed by atoms with Gasteiger partial charge in [0.2, 0.25) is 0 Å². The summed E-state index contributed by atoms with van der Waals surface area (Å²) in [5, 5.41) is 13.5. The maximum Gasteiger partial charge on any atom is 0.165 e. The third-order valence-electron chi connectivity index (χ3n) is 4.35. The number of aromatic nitrogens is 2. The smallest absolute Gasteiger partial charge is 0.165 e. The second-order valence-corrected chi connectivity index (χ2v) is 6.41. The van der Waals surface area contributed by atoms with Crippen LogP contribution in [0.25, 0.3) is 22.5 Å². The molecule has 5 nitrogen and oxygen atoms in total. The van der Waals surface area contributed by atoms with Crippen LogP contribution in [0.3, 0.4) is 0 Å². The number of phenols is 1. The van der Waals surface area contributed by atoms with Crippen molar-refractivity contribution in [1.82, 2.24) is 9.97 Å². The predicted molar refractivity (Wildman–Crippen MR) is 106 cm³/mol. The van der Waals surface area contributed by atoms with Gasteiger partial charge < -0.3 is 16.2 Å². The van der Waals surface area contributed by atoms with Crippen LogP contribution in [-0.2, 0) is 0 Å². The molecule has 5 heteroatoms. The summed E-state index contributed by atoms with van der Waals surface area (Å²) >= 11 is 0. The molecule has 0 aliphatic heterocycles. The first-order valence-corrected chi connectivity index (χ1v) is 8.79. The minimum atomic E-state index is 0.0756. The van der Waals surface area contributed by atoms with Crippen molar-refractivity contribution in [1.29, 1.82) is 0 Å². The summed E-state index contributed by atoms with van der Waals surface area (Å²) in [5.41, 5.74) is 9.85. The summed E-state index contributed by atoms with van der Waals surface area (Å²) in [6.07, 6.45) is 2.57. The van der Waals surface area contributed by atoms with Crippen LogP contribution in [0.1, 0.15) is 18.9 Å². The molecule has 0 bridgehead atoms. The van der Waals surface area contributed by atoms with E-state index >= 15 is 0 Å². The average Bonchev–Trinajstić information content (AvgIpc) is 2.67. The van der Waals surface area contributed by atoms with Crippen LogP contribution in [0.5, 0.6) is 5.75 Å². The van der Waals surface area contributed by atoms with E-state index in [4.69, 9.17) is 5.73 Å². The second kappa shape index (κ2) is 7.97. The Hall–Kier alpha value is -2.92. The highest BCUT2D eigenvalue weighted by molar-refractivity contribution is 5.74. The molecule has 3 aromatic rings.